The van der Waals surface area contributed by atoms with Crippen LogP contribution in [0.15, 0.2) is 18.2 Å². The smallest absolute Gasteiger partial charge is 0.422 e. The zero-order valence-electron chi connectivity index (χ0n) is 17.1. The van der Waals surface area contributed by atoms with E-state index in [1.54, 1.807) is 12.1 Å². The molecular formula is C21H29F3N2O4. The molecule has 6 nitrogen and oxygen atoms in total. The molecule has 0 saturated heterocycles. The number of hydrogen-bond donors (Lipinski definition) is 2. The maximum Gasteiger partial charge on any atom is 0.422 e. The van der Waals surface area contributed by atoms with Crippen molar-refractivity contribution in [3.63, 3.8) is 0 Å². The summed E-state index contributed by atoms with van der Waals surface area (Å²) in [6.45, 7) is -0.659. The Morgan fingerprint density at radius 2 is 1.77 bits per heavy atom. The van der Waals surface area contributed by atoms with Crippen LogP contribution < -0.4 is 20.1 Å². The van der Waals surface area contributed by atoms with Crippen molar-refractivity contribution in [3.8, 4) is 11.5 Å². The van der Waals surface area contributed by atoms with Crippen LogP contribution in [0.2, 0.25) is 0 Å². The summed E-state index contributed by atoms with van der Waals surface area (Å²) in [5.41, 5.74) is 0.743. The quantitative estimate of drug-likeness (QED) is 0.558. The summed E-state index contributed by atoms with van der Waals surface area (Å²) in [6, 6.07) is 4.56. The molecule has 0 aromatic heterocycles. The fourth-order valence-electron chi connectivity index (χ4n) is 3.39. The Bertz CT molecular complexity index is 704. The first-order valence-electron chi connectivity index (χ1n) is 10.2. The van der Waals surface area contributed by atoms with Crippen LogP contribution in [0.5, 0.6) is 11.5 Å². The summed E-state index contributed by atoms with van der Waals surface area (Å²) in [5, 5.41) is 5.61. The van der Waals surface area contributed by atoms with Gasteiger partial charge in [0.2, 0.25) is 11.8 Å². The van der Waals surface area contributed by atoms with Crippen molar-refractivity contribution in [1.29, 1.82) is 0 Å². The molecule has 1 aromatic carbocycles. The molecule has 1 aliphatic rings. The summed E-state index contributed by atoms with van der Waals surface area (Å²) in [4.78, 5) is 24.0. The second-order valence-electron chi connectivity index (χ2n) is 7.36. The van der Waals surface area contributed by atoms with E-state index in [1.165, 1.54) is 19.6 Å². The number of alkyl halides is 3. The van der Waals surface area contributed by atoms with Gasteiger partial charge in [0.15, 0.2) is 18.1 Å². The highest BCUT2D eigenvalue weighted by Gasteiger charge is 2.29. The van der Waals surface area contributed by atoms with E-state index in [0.29, 0.717) is 19.5 Å². The van der Waals surface area contributed by atoms with Crippen molar-refractivity contribution in [1.82, 2.24) is 10.6 Å². The molecule has 0 unspecified atom stereocenters. The van der Waals surface area contributed by atoms with Gasteiger partial charge in [-0.1, -0.05) is 25.3 Å². The minimum Gasteiger partial charge on any atom is -0.493 e. The molecule has 0 radical (unpaired) electrons. The number of carbonyl (C=O) groups excluding carboxylic acids is 2. The maximum absolute atomic E-state index is 12.3. The molecule has 1 saturated carbocycles. The number of hydrogen-bond acceptors (Lipinski definition) is 4. The lowest BCUT2D eigenvalue weighted by molar-refractivity contribution is -0.153. The van der Waals surface area contributed by atoms with Gasteiger partial charge in [-0.15, -0.1) is 0 Å². The van der Waals surface area contributed by atoms with Gasteiger partial charge in [0, 0.05) is 25.4 Å². The Labute approximate surface area is 174 Å². The third kappa shape index (κ3) is 8.51. The van der Waals surface area contributed by atoms with Gasteiger partial charge in [-0.05, 0) is 37.0 Å². The highest BCUT2D eigenvalue weighted by Crippen LogP contribution is 2.30. The second-order valence-corrected chi connectivity index (χ2v) is 7.36. The number of rotatable bonds is 10. The van der Waals surface area contributed by atoms with Crippen molar-refractivity contribution in [2.75, 3.05) is 26.8 Å². The van der Waals surface area contributed by atoms with Crippen molar-refractivity contribution >= 4 is 11.8 Å². The van der Waals surface area contributed by atoms with E-state index >= 15 is 0 Å². The largest absolute Gasteiger partial charge is 0.493 e. The van der Waals surface area contributed by atoms with Crippen LogP contribution in [0.4, 0.5) is 13.2 Å². The summed E-state index contributed by atoms with van der Waals surface area (Å²) in [6.07, 6.45) is 1.42. The van der Waals surface area contributed by atoms with Gasteiger partial charge in [0.25, 0.3) is 0 Å². The van der Waals surface area contributed by atoms with E-state index in [-0.39, 0.29) is 35.7 Å². The number of aryl methyl sites for hydroxylation is 1. The van der Waals surface area contributed by atoms with Gasteiger partial charge in [-0.2, -0.15) is 13.2 Å². The summed E-state index contributed by atoms with van der Waals surface area (Å²) >= 11 is 0. The van der Waals surface area contributed by atoms with E-state index in [1.807, 2.05) is 0 Å². The molecule has 30 heavy (non-hydrogen) atoms. The minimum atomic E-state index is -4.43. The molecule has 1 aromatic rings. The fraction of sp³-hybridized carbons (Fsp3) is 0.619. The van der Waals surface area contributed by atoms with Crippen LogP contribution in [-0.4, -0.2) is 44.8 Å². The Morgan fingerprint density at radius 3 is 2.43 bits per heavy atom. The number of halogens is 3. The van der Waals surface area contributed by atoms with Crippen LogP contribution in [0.25, 0.3) is 0 Å². The van der Waals surface area contributed by atoms with Crippen molar-refractivity contribution in [2.24, 2.45) is 5.92 Å². The molecule has 0 aliphatic heterocycles. The summed E-state index contributed by atoms with van der Waals surface area (Å²) < 4.78 is 46.7. The first-order chi connectivity index (χ1) is 14.3. The van der Waals surface area contributed by atoms with Gasteiger partial charge < -0.3 is 20.1 Å². The van der Waals surface area contributed by atoms with E-state index in [2.05, 4.69) is 10.6 Å². The van der Waals surface area contributed by atoms with Gasteiger partial charge >= 0.3 is 6.18 Å². The summed E-state index contributed by atoms with van der Waals surface area (Å²) in [7, 11) is 1.34. The predicted octanol–water partition coefficient (Wildman–Crippen LogP) is 3.38. The molecule has 2 rings (SSSR count). The van der Waals surface area contributed by atoms with E-state index in [9.17, 15) is 22.8 Å². The standard InChI is InChI=1S/C21H29F3N2O4/c1-29-18-13-15(7-9-17(18)30-14-21(22,23)24)8-10-19(27)25-11-12-26-20(28)16-5-3-2-4-6-16/h7,9,13,16H,2-6,8,10-12,14H2,1H3,(H,25,27)(H,26,28). The Hall–Kier alpha value is -2.45. The molecule has 1 fully saturated rings. The van der Waals surface area contributed by atoms with Crippen LogP contribution in [0, 0.1) is 5.92 Å². The normalized spacial score (nSPS) is 14.8. The Balaban J connectivity index is 1.69. The van der Waals surface area contributed by atoms with Crippen molar-refractivity contribution in [3.05, 3.63) is 23.8 Å². The zero-order valence-corrected chi connectivity index (χ0v) is 17.1. The number of ether oxygens (including phenoxy) is 2. The SMILES string of the molecule is COc1cc(CCC(=O)NCCNC(=O)C2CCCCC2)ccc1OCC(F)(F)F. The first kappa shape index (κ1) is 23.8. The Morgan fingerprint density at radius 1 is 1.07 bits per heavy atom. The summed E-state index contributed by atoms with van der Waals surface area (Å²) in [5.74, 6) is 0.161. The van der Waals surface area contributed by atoms with Crippen LogP contribution in [0.3, 0.4) is 0 Å². The second kappa shape index (κ2) is 11.7. The molecule has 1 aliphatic carbocycles. The average molecular weight is 430 g/mol. The zero-order chi connectivity index (χ0) is 22.0. The van der Waals surface area contributed by atoms with Crippen LogP contribution >= 0.6 is 0 Å². The topological polar surface area (TPSA) is 76.7 Å². The highest BCUT2D eigenvalue weighted by molar-refractivity contribution is 5.79. The van der Waals surface area contributed by atoms with Gasteiger partial charge in [0.1, 0.15) is 0 Å². The molecule has 2 amide bonds. The van der Waals surface area contributed by atoms with E-state index < -0.39 is 12.8 Å². The number of nitrogens with one attached hydrogen (secondary N) is 2. The van der Waals surface area contributed by atoms with E-state index in [4.69, 9.17) is 9.47 Å². The molecular weight excluding hydrogens is 401 g/mol. The lowest BCUT2D eigenvalue weighted by Gasteiger charge is -2.20. The van der Waals surface area contributed by atoms with Crippen LogP contribution in [0.1, 0.15) is 44.1 Å². The van der Waals surface area contributed by atoms with Gasteiger partial charge in [-0.3, -0.25) is 9.59 Å². The maximum atomic E-state index is 12.3. The molecule has 9 heteroatoms. The molecule has 0 heterocycles. The van der Waals surface area contributed by atoms with Gasteiger partial charge in [0.05, 0.1) is 7.11 Å². The number of methoxy groups -OCH3 is 1. The lowest BCUT2D eigenvalue weighted by atomic mass is 9.89. The van der Waals surface area contributed by atoms with E-state index in [0.717, 1.165) is 31.2 Å². The minimum absolute atomic E-state index is 0.00302. The van der Waals surface area contributed by atoms with Crippen LogP contribution in [-0.2, 0) is 16.0 Å². The number of benzene rings is 1. The third-order valence-electron chi connectivity index (χ3n) is 4.98. The predicted molar refractivity (Wildman–Crippen MR) is 105 cm³/mol. The van der Waals surface area contributed by atoms with Gasteiger partial charge in [-0.25, -0.2) is 0 Å². The Kier molecular flexibility index (Phi) is 9.26. The average Bonchev–Trinajstić information content (AvgIpc) is 2.73. The monoisotopic (exact) mass is 430 g/mol. The highest BCUT2D eigenvalue weighted by atomic mass is 19.4. The molecule has 0 bridgehead atoms. The fourth-order valence-corrected chi connectivity index (χ4v) is 3.39. The number of carbonyl (C=O) groups is 2. The first-order valence-corrected chi connectivity index (χ1v) is 10.2. The molecule has 2 N–H and O–H groups in total. The molecule has 168 valence electrons. The van der Waals surface area contributed by atoms with Crippen molar-refractivity contribution in [2.45, 2.75) is 51.1 Å². The molecule has 0 atom stereocenters. The molecule has 0 spiro atoms. The third-order valence-corrected chi connectivity index (χ3v) is 4.98. The number of amides is 2. The van der Waals surface area contributed by atoms with Crippen molar-refractivity contribution < 1.29 is 32.2 Å². The lowest BCUT2D eigenvalue weighted by Crippen LogP contribution is -2.38.